The first kappa shape index (κ1) is 17.9. The third-order valence-corrected chi connectivity index (χ3v) is 5.46. The summed E-state index contributed by atoms with van der Waals surface area (Å²) < 4.78 is 39.3. The summed E-state index contributed by atoms with van der Waals surface area (Å²) in [6.45, 7) is 1.52. The highest BCUT2D eigenvalue weighted by Crippen LogP contribution is 2.38. The number of halogens is 3. The third-order valence-electron chi connectivity index (χ3n) is 5.46. The molecule has 2 N–H and O–H groups in total. The average Bonchev–Trinajstić information content (AvgIpc) is 3.33. The predicted molar refractivity (Wildman–Crippen MR) is 92.5 cm³/mol. The molecule has 10 heteroatoms. The number of nitrogens with zero attached hydrogens (tertiary/aromatic N) is 4. The molecule has 0 saturated carbocycles. The van der Waals surface area contributed by atoms with E-state index in [1.165, 1.54) is 4.90 Å². The number of carbonyl (C=O) groups excluding carboxylic acids is 1. The van der Waals surface area contributed by atoms with Gasteiger partial charge in [0.1, 0.15) is 12.7 Å². The first-order valence-electron chi connectivity index (χ1n) is 9.00. The largest absolute Gasteiger partial charge is 0.405 e. The molecule has 4 heterocycles. The summed E-state index contributed by atoms with van der Waals surface area (Å²) >= 11 is 0. The molecule has 0 bridgehead atoms. The Labute approximate surface area is 154 Å². The van der Waals surface area contributed by atoms with Gasteiger partial charge in [-0.25, -0.2) is 9.78 Å². The first-order chi connectivity index (χ1) is 12.9. The van der Waals surface area contributed by atoms with Crippen LogP contribution in [0.1, 0.15) is 36.8 Å². The molecule has 4 atom stereocenters. The summed E-state index contributed by atoms with van der Waals surface area (Å²) in [5, 5.41) is 5.15. The molecule has 3 aliphatic heterocycles. The summed E-state index contributed by atoms with van der Waals surface area (Å²) in [7, 11) is 0. The number of nitrogens with one attached hydrogen (secondary N) is 2. The highest BCUT2D eigenvalue weighted by Gasteiger charge is 2.40. The monoisotopic (exact) mass is 382 g/mol. The van der Waals surface area contributed by atoms with E-state index in [-0.39, 0.29) is 24.0 Å². The fraction of sp³-hybridized carbons (Fsp3) is 0.588. The molecule has 7 nitrogen and oxygen atoms in total. The van der Waals surface area contributed by atoms with Gasteiger partial charge in [-0.2, -0.15) is 13.2 Å². The van der Waals surface area contributed by atoms with E-state index in [0.717, 1.165) is 17.9 Å². The lowest BCUT2D eigenvalue weighted by Crippen LogP contribution is -2.42. The van der Waals surface area contributed by atoms with Gasteiger partial charge in [-0.3, -0.25) is 4.99 Å². The number of imidazole rings is 1. The normalized spacial score (nSPS) is 28.8. The van der Waals surface area contributed by atoms with Crippen molar-refractivity contribution in [1.29, 1.82) is 0 Å². The smallest absolute Gasteiger partial charge is 0.368 e. The summed E-state index contributed by atoms with van der Waals surface area (Å²) in [6.07, 6.45) is 3.77. The molecule has 1 saturated heterocycles. The van der Waals surface area contributed by atoms with E-state index in [9.17, 15) is 18.0 Å². The van der Waals surface area contributed by atoms with Crippen molar-refractivity contribution in [2.45, 2.75) is 37.6 Å². The molecule has 0 aliphatic carbocycles. The van der Waals surface area contributed by atoms with Gasteiger partial charge >= 0.3 is 12.2 Å². The highest BCUT2D eigenvalue weighted by atomic mass is 19.4. The van der Waals surface area contributed by atoms with Gasteiger partial charge in [0.25, 0.3) is 0 Å². The number of carbonyl (C=O) groups is 1. The van der Waals surface area contributed by atoms with Gasteiger partial charge in [-0.1, -0.05) is 13.3 Å². The van der Waals surface area contributed by atoms with Crippen LogP contribution >= 0.6 is 0 Å². The quantitative estimate of drug-likeness (QED) is 0.840. The SMILES string of the molecule is CC[C@@H]1CN(C(=O)NCC(F)(F)F)C[C@@H]1c1cnc2n1C1C=CNC1N=C2. The number of rotatable bonds is 3. The number of aliphatic imine (C=N–C) groups is 1. The van der Waals surface area contributed by atoms with Crippen molar-refractivity contribution in [3.63, 3.8) is 0 Å². The Hall–Kier alpha value is -2.52. The Morgan fingerprint density at radius 2 is 2.22 bits per heavy atom. The first-order valence-corrected chi connectivity index (χ1v) is 9.00. The Kier molecular flexibility index (Phi) is 4.35. The zero-order chi connectivity index (χ0) is 19.2. The number of fused-ring (bicyclic) bond motifs is 3. The second-order valence-electron chi connectivity index (χ2n) is 7.10. The van der Waals surface area contributed by atoms with Gasteiger partial charge in [-0.05, 0) is 18.2 Å². The lowest BCUT2D eigenvalue weighted by molar-refractivity contribution is -0.123. The van der Waals surface area contributed by atoms with Crippen LogP contribution in [0.5, 0.6) is 0 Å². The number of urea groups is 1. The fourth-order valence-electron chi connectivity index (χ4n) is 4.12. The van der Waals surface area contributed by atoms with Crippen molar-refractivity contribution in [3.8, 4) is 0 Å². The summed E-state index contributed by atoms with van der Waals surface area (Å²) in [5.74, 6) is 0.946. The maximum Gasteiger partial charge on any atom is 0.405 e. The van der Waals surface area contributed by atoms with Crippen LogP contribution in [0.2, 0.25) is 0 Å². The molecule has 1 aromatic rings. The van der Waals surface area contributed by atoms with Crippen molar-refractivity contribution >= 4 is 12.2 Å². The minimum atomic E-state index is -4.42. The molecule has 0 aromatic carbocycles. The van der Waals surface area contributed by atoms with E-state index in [1.807, 2.05) is 24.5 Å². The molecule has 4 rings (SSSR count). The average molecular weight is 382 g/mol. The maximum atomic E-state index is 12.4. The number of aromatic nitrogens is 2. The van der Waals surface area contributed by atoms with Gasteiger partial charge in [-0.15, -0.1) is 0 Å². The molecular formula is C17H21F3N6O. The van der Waals surface area contributed by atoms with E-state index in [4.69, 9.17) is 0 Å². The molecule has 2 unspecified atom stereocenters. The summed E-state index contributed by atoms with van der Waals surface area (Å²) in [6, 6.07) is -0.651. The fourth-order valence-corrected chi connectivity index (χ4v) is 4.12. The topological polar surface area (TPSA) is 74.6 Å². The van der Waals surface area contributed by atoms with Gasteiger partial charge in [0.2, 0.25) is 0 Å². The zero-order valence-electron chi connectivity index (χ0n) is 14.8. The van der Waals surface area contributed by atoms with Gasteiger partial charge in [0.15, 0.2) is 5.82 Å². The van der Waals surface area contributed by atoms with E-state index >= 15 is 0 Å². The predicted octanol–water partition coefficient (Wildman–Crippen LogP) is 2.00. The van der Waals surface area contributed by atoms with Crippen molar-refractivity contribution in [1.82, 2.24) is 25.1 Å². The molecule has 2 amide bonds. The molecule has 1 aromatic heterocycles. The van der Waals surface area contributed by atoms with Crippen LogP contribution in [-0.4, -0.2) is 58.7 Å². The summed E-state index contributed by atoms with van der Waals surface area (Å²) in [4.78, 5) is 22.6. The Morgan fingerprint density at radius 3 is 2.96 bits per heavy atom. The minimum absolute atomic E-state index is 0.0214. The zero-order valence-corrected chi connectivity index (χ0v) is 14.8. The number of likely N-dealkylation sites (tertiary alicyclic amines) is 1. The van der Waals surface area contributed by atoms with Crippen molar-refractivity contribution in [2.75, 3.05) is 19.6 Å². The van der Waals surface area contributed by atoms with Crippen LogP contribution in [0, 0.1) is 5.92 Å². The molecule has 0 spiro atoms. The minimum Gasteiger partial charge on any atom is -0.368 e. The Morgan fingerprint density at radius 1 is 1.41 bits per heavy atom. The highest BCUT2D eigenvalue weighted by molar-refractivity contribution is 5.77. The molecule has 3 aliphatic rings. The van der Waals surface area contributed by atoms with Crippen molar-refractivity contribution in [3.05, 3.63) is 30.0 Å². The number of hydrogen-bond donors (Lipinski definition) is 2. The molecule has 1 fully saturated rings. The van der Waals surface area contributed by atoms with Crippen molar-refractivity contribution in [2.24, 2.45) is 10.9 Å². The van der Waals surface area contributed by atoms with Gasteiger partial charge < -0.3 is 20.1 Å². The van der Waals surface area contributed by atoms with Gasteiger partial charge in [0.05, 0.1) is 12.3 Å². The van der Waals surface area contributed by atoms with Gasteiger partial charge in [0, 0.05) is 30.9 Å². The third kappa shape index (κ3) is 3.28. The lowest BCUT2D eigenvalue weighted by Gasteiger charge is -2.27. The second-order valence-corrected chi connectivity index (χ2v) is 7.10. The van der Waals surface area contributed by atoms with E-state index in [0.29, 0.717) is 13.1 Å². The maximum absolute atomic E-state index is 12.4. The van der Waals surface area contributed by atoms with Crippen LogP contribution in [0.3, 0.4) is 0 Å². The van der Waals surface area contributed by atoms with Crippen molar-refractivity contribution < 1.29 is 18.0 Å². The number of hydrogen-bond acceptors (Lipinski definition) is 4. The summed E-state index contributed by atoms with van der Waals surface area (Å²) in [5.41, 5.74) is 0.998. The van der Waals surface area contributed by atoms with Crippen LogP contribution in [-0.2, 0) is 0 Å². The van der Waals surface area contributed by atoms with E-state index in [1.54, 1.807) is 12.4 Å². The molecule has 146 valence electrons. The standard InChI is InChI=1S/C17H21F3N6O/c1-2-10-7-25(16(27)24-9-17(18,19)20)8-11(10)13-5-22-14-6-23-15-12(26(13)14)3-4-21-15/h3-6,10-12,15,21H,2,7-9H2,1H3,(H,24,27)/t10-,11+,12?,15?/m1/s1. The van der Waals surface area contributed by atoms with Crippen LogP contribution in [0.15, 0.2) is 23.5 Å². The van der Waals surface area contributed by atoms with Crippen LogP contribution < -0.4 is 10.6 Å². The van der Waals surface area contributed by atoms with Crippen LogP contribution in [0.4, 0.5) is 18.0 Å². The molecule has 0 radical (unpaired) electrons. The lowest BCUT2D eigenvalue weighted by atomic mass is 9.90. The Balaban J connectivity index is 1.54. The number of alkyl halides is 3. The Bertz CT molecular complexity index is 786. The second kappa shape index (κ2) is 6.58. The van der Waals surface area contributed by atoms with E-state index in [2.05, 4.69) is 19.9 Å². The van der Waals surface area contributed by atoms with Crippen LogP contribution in [0.25, 0.3) is 0 Å². The number of amides is 2. The molecule has 27 heavy (non-hydrogen) atoms. The molecular weight excluding hydrogens is 361 g/mol. The van der Waals surface area contributed by atoms with E-state index < -0.39 is 18.8 Å².